The van der Waals surface area contributed by atoms with Gasteiger partial charge in [-0.2, -0.15) is 0 Å². The van der Waals surface area contributed by atoms with E-state index in [1.165, 1.54) is 18.5 Å². The predicted octanol–water partition coefficient (Wildman–Crippen LogP) is 3.43. The third kappa shape index (κ3) is 3.05. The Morgan fingerprint density at radius 1 is 1.21 bits per heavy atom. The first-order valence-electron chi connectivity index (χ1n) is 5.40. The summed E-state index contributed by atoms with van der Waals surface area (Å²) in [4.78, 5) is 3.76. The number of nitrogens with zero attached hydrogens (tertiary/aromatic N) is 1. The summed E-state index contributed by atoms with van der Waals surface area (Å²) < 4.78 is 39.7. The van der Waals surface area contributed by atoms with Gasteiger partial charge in [0.15, 0.2) is 0 Å². The number of aliphatic hydroxyl groups is 1. The fourth-order valence-corrected chi connectivity index (χ4v) is 1.95. The van der Waals surface area contributed by atoms with Crippen molar-refractivity contribution in [1.29, 1.82) is 0 Å². The third-order valence-electron chi connectivity index (χ3n) is 2.65. The summed E-state index contributed by atoms with van der Waals surface area (Å²) in [6, 6.07) is 2.58. The molecule has 1 unspecified atom stereocenters. The second-order valence-corrected chi connectivity index (χ2v) is 4.38. The van der Waals surface area contributed by atoms with Gasteiger partial charge in [-0.1, -0.05) is 11.6 Å². The smallest absolute Gasteiger partial charge is 0.134 e. The molecule has 0 aliphatic heterocycles. The minimum Gasteiger partial charge on any atom is -0.388 e. The lowest BCUT2D eigenvalue weighted by molar-refractivity contribution is 0.168. The van der Waals surface area contributed by atoms with Crippen molar-refractivity contribution in [3.63, 3.8) is 0 Å². The van der Waals surface area contributed by atoms with Crippen LogP contribution in [0.4, 0.5) is 13.2 Å². The zero-order valence-corrected chi connectivity index (χ0v) is 10.3. The minimum atomic E-state index is -1.46. The largest absolute Gasteiger partial charge is 0.388 e. The van der Waals surface area contributed by atoms with E-state index in [0.717, 1.165) is 0 Å². The lowest BCUT2D eigenvalue weighted by Gasteiger charge is -2.13. The lowest BCUT2D eigenvalue weighted by atomic mass is 10.0. The standard InChI is InChI=1S/C13H9ClF3NO/c14-9-6-18-2-1-7(9)3-12(19)13-10(16)4-8(15)5-11(13)17/h1-2,4-6,12,19H,3H2. The fourth-order valence-electron chi connectivity index (χ4n) is 1.75. The Hall–Kier alpha value is -1.59. The predicted molar refractivity (Wildman–Crippen MR) is 64.2 cm³/mol. The van der Waals surface area contributed by atoms with E-state index in [-0.39, 0.29) is 11.4 Å². The number of hydrogen-bond donors (Lipinski definition) is 1. The Morgan fingerprint density at radius 2 is 1.84 bits per heavy atom. The molecule has 19 heavy (non-hydrogen) atoms. The van der Waals surface area contributed by atoms with Crippen LogP contribution in [-0.4, -0.2) is 10.1 Å². The summed E-state index contributed by atoms with van der Waals surface area (Å²) in [5, 5.41) is 10.2. The minimum absolute atomic E-state index is 0.0964. The Bertz CT molecular complexity index is 583. The van der Waals surface area contributed by atoms with Gasteiger partial charge in [-0.15, -0.1) is 0 Å². The van der Waals surface area contributed by atoms with Gasteiger partial charge in [0.1, 0.15) is 17.5 Å². The van der Waals surface area contributed by atoms with E-state index in [9.17, 15) is 18.3 Å². The quantitative estimate of drug-likeness (QED) is 0.938. The summed E-state index contributed by atoms with van der Waals surface area (Å²) in [5.41, 5.74) is -0.0819. The maximum atomic E-state index is 13.5. The third-order valence-corrected chi connectivity index (χ3v) is 2.99. The molecule has 2 rings (SSSR count). The van der Waals surface area contributed by atoms with Gasteiger partial charge in [-0.05, 0) is 11.6 Å². The maximum Gasteiger partial charge on any atom is 0.134 e. The van der Waals surface area contributed by atoms with E-state index >= 15 is 0 Å². The average molecular weight is 288 g/mol. The Labute approximate surface area is 112 Å². The number of pyridine rings is 1. The van der Waals surface area contributed by atoms with Crippen LogP contribution in [0.3, 0.4) is 0 Å². The van der Waals surface area contributed by atoms with Crippen LogP contribution in [0.25, 0.3) is 0 Å². The SMILES string of the molecule is OC(Cc1ccncc1Cl)c1c(F)cc(F)cc1F. The molecule has 6 heteroatoms. The van der Waals surface area contributed by atoms with Gasteiger partial charge in [0.2, 0.25) is 0 Å². The van der Waals surface area contributed by atoms with Crippen molar-refractivity contribution in [2.24, 2.45) is 0 Å². The summed E-state index contributed by atoms with van der Waals surface area (Å²) in [6.45, 7) is 0. The van der Waals surface area contributed by atoms with Crippen LogP contribution in [0.15, 0.2) is 30.6 Å². The molecule has 100 valence electrons. The number of hydrogen-bond acceptors (Lipinski definition) is 2. The molecule has 1 N–H and O–H groups in total. The van der Waals surface area contributed by atoms with E-state index in [1.54, 1.807) is 0 Å². The van der Waals surface area contributed by atoms with E-state index in [1.807, 2.05) is 0 Å². The van der Waals surface area contributed by atoms with Crippen LogP contribution >= 0.6 is 11.6 Å². The Balaban J connectivity index is 2.31. The van der Waals surface area contributed by atoms with Gasteiger partial charge in [0, 0.05) is 30.9 Å². The lowest BCUT2D eigenvalue weighted by Crippen LogP contribution is -2.08. The van der Waals surface area contributed by atoms with Crippen molar-refractivity contribution in [2.45, 2.75) is 12.5 Å². The molecule has 1 aromatic carbocycles. The van der Waals surface area contributed by atoms with E-state index < -0.39 is 29.1 Å². The molecule has 0 saturated carbocycles. The highest BCUT2D eigenvalue weighted by molar-refractivity contribution is 6.31. The van der Waals surface area contributed by atoms with Crippen molar-refractivity contribution in [3.8, 4) is 0 Å². The Morgan fingerprint density at radius 3 is 2.42 bits per heavy atom. The van der Waals surface area contributed by atoms with Crippen molar-refractivity contribution in [1.82, 2.24) is 4.98 Å². The molecule has 0 fully saturated rings. The summed E-state index contributed by atoms with van der Waals surface area (Å²) in [6.07, 6.45) is 1.26. The number of aromatic nitrogens is 1. The number of aliphatic hydroxyl groups excluding tert-OH is 1. The molecule has 1 aromatic heterocycles. The molecule has 2 nitrogen and oxygen atoms in total. The van der Waals surface area contributed by atoms with E-state index in [4.69, 9.17) is 11.6 Å². The Kier molecular flexibility index (Phi) is 4.07. The molecule has 1 heterocycles. The van der Waals surface area contributed by atoms with E-state index in [0.29, 0.717) is 17.7 Å². The van der Waals surface area contributed by atoms with Crippen LogP contribution < -0.4 is 0 Å². The second-order valence-electron chi connectivity index (χ2n) is 3.97. The summed E-state index contributed by atoms with van der Waals surface area (Å²) in [5.74, 6) is -3.29. The highest BCUT2D eigenvalue weighted by atomic mass is 35.5. The van der Waals surface area contributed by atoms with Crippen molar-refractivity contribution in [3.05, 3.63) is 64.2 Å². The van der Waals surface area contributed by atoms with Gasteiger partial charge < -0.3 is 5.11 Å². The summed E-state index contributed by atoms with van der Waals surface area (Å²) >= 11 is 5.84. The van der Waals surface area contributed by atoms with Crippen molar-refractivity contribution in [2.75, 3.05) is 0 Å². The molecule has 0 aliphatic carbocycles. The second kappa shape index (κ2) is 5.59. The molecule has 0 amide bonds. The maximum absolute atomic E-state index is 13.5. The molecule has 1 atom stereocenters. The van der Waals surface area contributed by atoms with Gasteiger partial charge in [0.25, 0.3) is 0 Å². The highest BCUT2D eigenvalue weighted by Crippen LogP contribution is 2.27. The molecule has 0 bridgehead atoms. The van der Waals surface area contributed by atoms with Gasteiger partial charge in [-0.3, -0.25) is 4.98 Å². The first kappa shape index (κ1) is 13.8. The zero-order valence-electron chi connectivity index (χ0n) is 9.58. The molecular formula is C13H9ClF3NO. The number of halogens is 4. The van der Waals surface area contributed by atoms with Crippen LogP contribution in [0.2, 0.25) is 5.02 Å². The van der Waals surface area contributed by atoms with Gasteiger partial charge in [0.05, 0.1) is 16.7 Å². The van der Waals surface area contributed by atoms with Crippen LogP contribution in [-0.2, 0) is 6.42 Å². The number of benzene rings is 1. The monoisotopic (exact) mass is 287 g/mol. The van der Waals surface area contributed by atoms with Crippen LogP contribution in [0.5, 0.6) is 0 Å². The molecule has 2 aromatic rings. The molecule has 0 spiro atoms. The van der Waals surface area contributed by atoms with Crippen LogP contribution in [0, 0.1) is 17.5 Å². The topological polar surface area (TPSA) is 33.1 Å². The van der Waals surface area contributed by atoms with Crippen molar-refractivity contribution >= 4 is 11.6 Å². The molecule has 0 saturated heterocycles. The highest BCUT2D eigenvalue weighted by Gasteiger charge is 2.20. The normalized spacial score (nSPS) is 12.5. The first-order valence-corrected chi connectivity index (χ1v) is 5.77. The average Bonchev–Trinajstić information content (AvgIpc) is 2.30. The van der Waals surface area contributed by atoms with E-state index in [2.05, 4.69) is 4.98 Å². The van der Waals surface area contributed by atoms with Gasteiger partial charge in [-0.25, -0.2) is 13.2 Å². The van der Waals surface area contributed by atoms with Gasteiger partial charge >= 0.3 is 0 Å². The van der Waals surface area contributed by atoms with Crippen LogP contribution in [0.1, 0.15) is 17.2 Å². The zero-order chi connectivity index (χ0) is 14.0. The number of rotatable bonds is 3. The first-order chi connectivity index (χ1) is 8.99. The fraction of sp³-hybridized carbons (Fsp3) is 0.154. The molecule has 0 radical (unpaired) electrons. The van der Waals surface area contributed by atoms with Crippen molar-refractivity contribution < 1.29 is 18.3 Å². The molecule has 0 aliphatic rings. The molecular weight excluding hydrogens is 279 g/mol. The summed E-state index contributed by atoms with van der Waals surface area (Å²) in [7, 11) is 0.